The summed E-state index contributed by atoms with van der Waals surface area (Å²) in [5.41, 5.74) is 1.72. The monoisotopic (exact) mass is 571 g/mol. The quantitative estimate of drug-likeness (QED) is 0.375. The second-order valence-electron chi connectivity index (χ2n) is 9.92. The van der Waals surface area contributed by atoms with Gasteiger partial charge in [0.15, 0.2) is 0 Å². The van der Waals surface area contributed by atoms with Crippen LogP contribution in [0.5, 0.6) is 5.75 Å². The van der Waals surface area contributed by atoms with Crippen molar-refractivity contribution in [3.05, 3.63) is 95.3 Å². The van der Waals surface area contributed by atoms with Crippen LogP contribution in [0.4, 0.5) is 23.2 Å². The molecule has 41 heavy (non-hydrogen) atoms. The highest BCUT2D eigenvalue weighted by Gasteiger charge is 2.36. The van der Waals surface area contributed by atoms with E-state index in [2.05, 4.69) is 15.4 Å². The predicted octanol–water partition coefficient (Wildman–Crippen LogP) is 4.94. The van der Waals surface area contributed by atoms with E-state index >= 15 is 0 Å². The number of carbonyl (C=O) groups excluding carboxylic acids is 3. The maximum atomic E-state index is 13.6. The molecule has 4 rings (SSSR count). The number of amides is 3. The molecule has 1 heterocycles. The van der Waals surface area contributed by atoms with Gasteiger partial charge in [-0.15, -0.1) is 13.2 Å². The van der Waals surface area contributed by atoms with Crippen molar-refractivity contribution < 1.29 is 36.7 Å². The third-order valence-electron chi connectivity index (χ3n) is 6.67. The maximum absolute atomic E-state index is 13.6. The number of benzene rings is 3. The number of anilines is 1. The third kappa shape index (κ3) is 7.41. The van der Waals surface area contributed by atoms with Crippen LogP contribution >= 0.6 is 0 Å². The largest absolute Gasteiger partial charge is 0.573 e. The van der Waals surface area contributed by atoms with E-state index in [9.17, 15) is 31.9 Å². The molecule has 1 aliphatic heterocycles. The Bertz CT molecular complexity index is 1410. The van der Waals surface area contributed by atoms with Gasteiger partial charge in [0.25, 0.3) is 5.91 Å². The first-order chi connectivity index (χ1) is 19.4. The van der Waals surface area contributed by atoms with Gasteiger partial charge in [0, 0.05) is 23.7 Å². The highest BCUT2D eigenvalue weighted by atomic mass is 19.4. The SMILES string of the molecule is CC(C)N1C(=O)[C@H](NC(=O)[C@@H](Cc2ccccc2OC(F)(F)F)NC(=O)c2ccc(F)cc2)CCc2ccccc21. The first-order valence-corrected chi connectivity index (χ1v) is 13.0. The number of aryl methyl sites for hydroxylation is 1. The summed E-state index contributed by atoms with van der Waals surface area (Å²) < 4.78 is 56.6. The van der Waals surface area contributed by atoms with Crippen LogP contribution in [0.1, 0.15) is 41.8 Å². The van der Waals surface area contributed by atoms with Gasteiger partial charge in [-0.1, -0.05) is 36.4 Å². The lowest BCUT2D eigenvalue weighted by Crippen LogP contribution is -2.55. The molecule has 1 aliphatic rings. The minimum Gasteiger partial charge on any atom is -0.406 e. The van der Waals surface area contributed by atoms with Crippen LogP contribution in [0, 0.1) is 5.82 Å². The van der Waals surface area contributed by atoms with Crippen LogP contribution in [0.25, 0.3) is 0 Å². The number of halogens is 4. The van der Waals surface area contributed by atoms with Gasteiger partial charge in [0.05, 0.1) is 0 Å². The van der Waals surface area contributed by atoms with Crippen LogP contribution in [-0.2, 0) is 22.4 Å². The van der Waals surface area contributed by atoms with E-state index in [1.807, 2.05) is 38.1 Å². The smallest absolute Gasteiger partial charge is 0.406 e. The lowest BCUT2D eigenvalue weighted by molar-refractivity contribution is -0.274. The maximum Gasteiger partial charge on any atom is 0.573 e. The van der Waals surface area contributed by atoms with E-state index in [0.29, 0.717) is 6.42 Å². The van der Waals surface area contributed by atoms with Gasteiger partial charge < -0.3 is 20.3 Å². The Labute approximate surface area is 234 Å². The summed E-state index contributed by atoms with van der Waals surface area (Å²) in [5.74, 6) is -2.96. The Morgan fingerprint density at radius 3 is 2.34 bits per heavy atom. The van der Waals surface area contributed by atoms with Gasteiger partial charge >= 0.3 is 6.36 Å². The Kier molecular flexibility index (Phi) is 8.95. The molecular formula is C30H29F4N3O4. The molecule has 2 atom stereocenters. The molecule has 7 nitrogen and oxygen atoms in total. The topological polar surface area (TPSA) is 87.7 Å². The van der Waals surface area contributed by atoms with E-state index in [1.54, 1.807) is 4.90 Å². The molecular weight excluding hydrogens is 542 g/mol. The van der Waals surface area contributed by atoms with Gasteiger partial charge in [0.2, 0.25) is 11.8 Å². The lowest BCUT2D eigenvalue weighted by Gasteiger charge is -2.30. The van der Waals surface area contributed by atoms with Gasteiger partial charge in [-0.05, 0) is 74.2 Å². The van der Waals surface area contributed by atoms with E-state index in [1.165, 1.54) is 30.3 Å². The number of rotatable bonds is 8. The molecule has 216 valence electrons. The van der Waals surface area contributed by atoms with Gasteiger partial charge in [-0.3, -0.25) is 14.4 Å². The fraction of sp³-hybridized carbons (Fsp3) is 0.300. The van der Waals surface area contributed by atoms with Crippen molar-refractivity contribution in [1.29, 1.82) is 0 Å². The fourth-order valence-electron chi connectivity index (χ4n) is 4.77. The summed E-state index contributed by atoms with van der Waals surface area (Å²) in [6.45, 7) is 3.70. The van der Waals surface area contributed by atoms with Crippen molar-refractivity contribution in [2.75, 3.05) is 4.90 Å². The number of para-hydroxylation sites is 2. The van der Waals surface area contributed by atoms with E-state index < -0.39 is 41.8 Å². The number of carbonyl (C=O) groups is 3. The summed E-state index contributed by atoms with van der Waals surface area (Å²) in [6.07, 6.45) is -4.59. The average molecular weight is 572 g/mol. The van der Waals surface area contributed by atoms with Crippen molar-refractivity contribution >= 4 is 23.4 Å². The molecule has 11 heteroatoms. The molecule has 0 radical (unpaired) electrons. The molecule has 0 saturated carbocycles. The fourth-order valence-corrected chi connectivity index (χ4v) is 4.77. The number of nitrogens with zero attached hydrogens (tertiary/aromatic N) is 1. The molecule has 3 amide bonds. The van der Waals surface area contributed by atoms with Crippen LogP contribution in [0.15, 0.2) is 72.8 Å². The minimum atomic E-state index is -4.98. The Morgan fingerprint density at radius 2 is 1.66 bits per heavy atom. The van der Waals surface area contributed by atoms with E-state index in [0.717, 1.165) is 29.4 Å². The van der Waals surface area contributed by atoms with Crippen LogP contribution in [0.3, 0.4) is 0 Å². The molecule has 0 spiro atoms. The van der Waals surface area contributed by atoms with E-state index in [4.69, 9.17) is 0 Å². The van der Waals surface area contributed by atoms with Gasteiger partial charge in [-0.2, -0.15) is 0 Å². The van der Waals surface area contributed by atoms with Crippen molar-refractivity contribution in [3.63, 3.8) is 0 Å². The zero-order valence-corrected chi connectivity index (χ0v) is 22.4. The zero-order chi connectivity index (χ0) is 29.7. The second kappa shape index (κ2) is 12.4. The van der Waals surface area contributed by atoms with Crippen LogP contribution < -0.4 is 20.3 Å². The highest BCUT2D eigenvalue weighted by molar-refractivity contribution is 6.02. The molecule has 0 unspecified atom stereocenters. The number of ether oxygens (including phenoxy) is 1. The third-order valence-corrected chi connectivity index (χ3v) is 6.67. The Hall–Kier alpha value is -4.41. The molecule has 0 saturated heterocycles. The first kappa shape index (κ1) is 29.6. The van der Waals surface area contributed by atoms with E-state index in [-0.39, 0.29) is 35.9 Å². The standard InChI is InChI=1S/C30H29F4N3O4/c1-18(2)37-25-9-5-3-7-19(25)13-16-23(29(37)40)35-28(39)24(36-27(38)20-11-14-22(31)15-12-20)17-21-8-4-6-10-26(21)41-30(32,33)34/h3-12,14-15,18,23-24H,13,16-17H2,1-2H3,(H,35,39)(H,36,38)/t23-,24-/m1/s1. The molecule has 2 N–H and O–H groups in total. The number of hydrogen-bond donors (Lipinski definition) is 2. The van der Waals surface area contributed by atoms with Gasteiger partial charge in [-0.25, -0.2) is 4.39 Å². The van der Waals surface area contributed by atoms with Crippen LogP contribution in [0.2, 0.25) is 0 Å². The number of hydrogen-bond acceptors (Lipinski definition) is 4. The first-order valence-electron chi connectivity index (χ1n) is 13.0. The molecule has 3 aromatic carbocycles. The summed E-state index contributed by atoms with van der Waals surface area (Å²) in [4.78, 5) is 41.8. The number of nitrogens with one attached hydrogen (secondary N) is 2. The predicted molar refractivity (Wildman–Crippen MR) is 144 cm³/mol. The molecule has 3 aromatic rings. The van der Waals surface area contributed by atoms with Crippen molar-refractivity contribution in [2.24, 2.45) is 0 Å². The minimum absolute atomic E-state index is 0.00721. The molecule has 0 aromatic heterocycles. The van der Waals surface area contributed by atoms with Crippen molar-refractivity contribution in [2.45, 2.75) is 57.6 Å². The Balaban J connectivity index is 1.62. The highest BCUT2D eigenvalue weighted by Crippen LogP contribution is 2.30. The molecule has 0 bridgehead atoms. The summed E-state index contributed by atoms with van der Waals surface area (Å²) in [6, 6.07) is 14.7. The summed E-state index contributed by atoms with van der Waals surface area (Å²) in [5, 5.41) is 5.24. The van der Waals surface area contributed by atoms with Crippen molar-refractivity contribution in [3.8, 4) is 5.75 Å². The van der Waals surface area contributed by atoms with Crippen molar-refractivity contribution in [1.82, 2.24) is 10.6 Å². The number of fused-ring (bicyclic) bond motifs is 1. The summed E-state index contributed by atoms with van der Waals surface area (Å²) in [7, 11) is 0. The number of alkyl halides is 3. The molecule has 0 fully saturated rings. The average Bonchev–Trinajstić information content (AvgIpc) is 3.05. The normalized spacial score (nSPS) is 16.0. The Morgan fingerprint density at radius 1 is 1.00 bits per heavy atom. The second-order valence-corrected chi connectivity index (χ2v) is 9.92. The van der Waals surface area contributed by atoms with Crippen LogP contribution in [-0.4, -0.2) is 42.2 Å². The van der Waals surface area contributed by atoms with Gasteiger partial charge in [0.1, 0.15) is 23.7 Å². The lowest BCUT2D eigenvalue weighted by atomic mass is 10.0. The molecule has 0 aliphatic carbocycles. The zero-order valence-electron chi connectivity index (χ0n) is 22.4. The summed E-state index contributed by atoms with van der Waals surface area (Å²) >= 11 is 0.